The number of nitrogens with one attached hydrogen (secondary N) is 2. The van der Waals surface area contributed by atoms with Gasteiger partial charge in [0, 0.05) is 0 Å². The lowest BCUT2D eigenvalue weighted by Gasteiger charge is -2.04. The monoisotopic (exact) mass is 570 g/mol. The summed E-state index contributed by atoms with van der Waals surface area (Å²) in [5.74, 6) is -1.38. The number of aliphatic imine (C=N–C) groups is 1. The smallest absolute Gasteiger partial charge is 0.352 e. The van der Waals surface area contributed by atoms with Gasteiger partial charge in [0.05, 0.1) is 19.4 Å². The van der Waals surface area contributed by atoms with Crippen LogP contribution < -0.4 is 17.2 Å². The molecule has 16 heteroatoms. The van der Waals surface area contributed by atoms with Gasteiger partial charge in [-0.05, 0) is 24.0 Å². The average Bonchev–Trinajstić information content (AvgIpc) is 3.67. The number of aromatic amines is 1. The van der Waals surface area contributed by atoms with Crippen LogP contribution in [-0.2, 0) is 24.2 Å². The summed E-state index contributed by atoms with van der Waals surface area (Å²) in [4.78, 5) is 56.8. The van der Waals surface area contributed by atoms with Crippen LogP contribution in [0.1, 0.15) is 32.1 Å². The Bertz CT molecular complexity index is 1740. The summed E-state index contributed by atoms with van der Waals surface area (Å²) in [6.07, 6.45) is 5.46. The number of nitrogens with zero attached hydrogens (tertiary/aromatic N) is 8. The third-order valence-electron chi connectivity index (χ3n) is 5.50. The second kappa shape index (κ2) is 15.4. The van der Waals surface area contributed by atoms with Crippen molar-refractivity contribution in [3.05, 3.63) is 106 Å². The van der Waals surface area contributed by atoms with Gasteiger partial charge < -0.3 is 16.5 Å². The summed E-state index contributed by atoms with van der Waals surface area (Å²) in [7, 11) is 0. The number of nitrogens with two attached hydrogens (primary N) is 2. The SMILES string of the molecule is N=Nc1nc[nH]c1C(N)=O.NC(=O)c1ncn2c(=O)n(CCc3ccccc3)nnc12.O=C=NCCc1ccccc1. The third kappa shape index (κ3) is 8.42. The molecule has 5 rings (SSSR count). The van der Waals surface area contributed by atoms with E-state index in [9.17, 15) is 19.2 Å². The van der Waals surface area contributed by atoms with Crippen molar-refractivity contribution in [1.29, 1.82) is 5.53 Å². The lowest BCUT2D eigenvalue weighted by molar-refractivity contribution is 0.0988. The number of aryl methyl sites for hydroxylation is 2. The van der Waals surface area contributed by atoms with Gasteiger partial charge in [0.1, 0.15) is 6.33 Å². The predicted octanol–water partition coefficient (Wildman–Crippen LogP) is 1.36. The molecule has 0 aliphatic carbocycles. The van der Waals surface area contributed by atoms with E-state index in [1.807, 2.05) is 60.7 Å². The van der Waals surface area contributed by atoms with Gasteiger partial charge in [0.2, 0.25) is 11.9 Å². The minimum atomic E-state index is -0.742. The minimum Gasteiger partial charge on any atom is -0.364 e. The Morgan fingerprint density at radius 1 is 0.952 bits per heavy atom. The van der Waals surface area contributed by atoms with Crippen molar-refractivity contribution >= 4 is 29.4 Å². The van der Waals surface area contributed by atoms with Gasteiger partial charge in [-0.1, -0.05) is 65.9 Å². The van der Waals surface area contributed by atoms with Crippen molar-refractivity contribution in [3.8, 4) is 0 Å². The first kappa shape index (κ1) is 30.4. The molecule has 0 radical (unpaired) electrons. The van der Waals surface area contributed by atoms with Crippen molar-refractivity contribution < 1.29 is 14.4 Å². The number of amides is 2. The molecule has 5 aromatic rings. The Labute approximate surface area is 237 Å². The molecule has 0 aliphatic rings. The molecule has 3 aromatic heterocycles. The van der Waals surface area contributed by atoms with Gasteiger partial charge in [-0.3, -0.25) is 9.59 Å². The van der Waals surface area contributed by atoms with Crippen LogP contribution in [-0.4, -0.2) is 58.8 Å². The van der Waals surface area contributed by atoms with Gasteiger partial charge in [-0.2, -0.15) is 4.68 Å². The molecule has 2 amide bonds. The molecule has 0 bridgehead atoms. The Balaban J connectivity index is 0.000000194. The largest absolute Gasteiger partial charge is 0.364 e. The number of hydrogen-bond acceptors (Lipinski definition) is 11. The van der Waals surface area contributed by atoms with Crippen molar-refractivity contribution in [2.24, 2.45) is 21.6 Å². The molecule has 0 fully saturated rings. The fourth-order valence-corrected chi connectivity index (χ4v) is 3.46. The number of imidazole rings is 2. The van der Waals surface area contributed by atoms with Crippen LogP contribution in [0.4, 0.5) is 5.82 Å². The van der Waals surface area contributed by atoms with Gasteiger partial charge in [-0.15, -0.1) is 10.2 Å². The van der Waals surface area contributed by atoms with Crippen molar-refractivity contribution in [3.63, 3.8) is 0 Å². The molecular formula is C26H26N12O4. The van der Waals surface area contributed by atoms with E-state index in [1.54, 1.807) is 0 Å². The molecule has 0 atom stereocenters. The molecular weight excluding hydrogens is 544 g/mol. The Hall–Kier alpha value is -6.15. The number of H-pyrrole nitrogens is 1. The van der Waals surface area contributed by atoms with E-state index in [0.717, 1.165) is 16.4 Å². The highest BCUT2D eigenvalue weighted by Crippen LogP contribution is 2.10. The van der Waals surface area contributed by atoms with E-state index in [0.29, 0.717) is 19.5 Å². The fourth-order valence-electron chi connectivity index (χ4n) is 3.46. The van der Waals surface area contributed by atoms with Gasteiger partial charge in [0.25, 0.3) is 11.8 Å². The second-order valence-corrected chi connectivity index (χ2v) is 8.27. The highest BCUT2D eigenvalue weighted by Gasteiger charge is 2.15. The summed E-state index contributed by atoms with van der Waals surface area (Å²) in [6, 6.07) is 19.7. The number of hydrogen-bond donors (Lipinski definition) is 4. The zero-order chi connectivity index (χ0) is 30.3. The maximum Gasteiger partial charge on any atom is 0.352 e. The molecule has 0 saturated carbocycles. The lowest BCUT2D eigenvalue weighted by atomic mass is 10.1. The van der Waals surface area contributed by atoms with E-state index >= 15 is 0 Å². The lowest BCUT2D eigenvalue weighted by Crippen LogP contribution is -2.30. The van der Waals surface area contributed by atoms with Gasteiger partial charge >= 0.3 is 5.69 Å². The predicted molar refractivity (Wildman–Crippen MR) is 149 cm³/mol. The van der Waals surface area contributed by atoms with Gasteiger partial charge in [-0.25, -0.2) is 34.5 Å². The standard InChI is InChI=1S/C13H12N6O2.C9H9NO.C4H5N5O/c14-11(20)10-12-16-17-19(13(21)18(12)8-15-10)7-6-9-4-2-1-3-5-9;11-8-10-7-6-9-4-2-1-3-5-9;5-3(10)2-4(9-6)8-1-7-2/h1-5,8H,6-7H2,(H2,14,20);1-5H,6-7H2;1,6H,(H2,5,10)(H,7,8). The quantitative estimate of drug-likeness (QED) is 0.114. The minimum absolute atomic E-state index is 0.0208. The first-order chi connectivity index (χ1) is 20.3. The normalized spacial score (nSPS) is 9.90. The second-order valence-electron chi connectivity index (χ2n) is 8.27. The van der Waals surface area contributed by atoms with Crippen LogP contribution in [0.5, 0.6) is 0 Å². The molecule has 6 N–H and O–H groups in total. The first-order valence-corrected chi connectivity index (χ1v) is 12.3. The Morgan fingerprint density at radius 3 is 2.14 bits per heavy atom. The van der Waals surface area contributed by atoms with E-state index in [1.165, 1.54) is 29.0 Å². The van der Waals surface area contributed by atoms with Crippen LogP contribution in [0.15, 0.2) is 88.2 Å². The molecule has 0 spiro atoms. The maximum atomic E-state index is 12.2. The Kier molecular flexibility index (Phi) is 11.2. The molecule has 0 unspecified atom stereocenters. The molecule has 214 valence electrons. The molecule has 3 heterocycles. The number of rotatable bonds is 9. The van der Waals surface area contributed by atoms with Crippen LogP contribution in [0, 0.1) is 5.53 Å². The van der Waals surface area contributed by atoms with Crippen LogP contribution in [0.25, 0.3) is 5.65 Å². The number of carbonyl (C=O) groups excluding carboxylic acids is 3. The fraction of sp³-hybridized carbons (Fsp3) is 0.154. The number of benzene rings is 2. The summed E-state index contributed by atoms with van der Waals surface area (Å²) in [5.41, 5.74) is 18.5. The van der Waals surface area contributed by atoms with E-state index in [2.05, 4.69) is 35.4 Å². The number of fused-ring (bicyclic) bond motifs is 1. The summed E-state index contributed by atoms with van der Waals surface area (Å²) in [5, 5.41) is 10.6. The number of isocyanates is 1. The van der Waals surface area contributed by atoms with E-state index in [-0.39, 0.29) is 22.9 Å². The number of carbonyl (C=O) groups is 2. The Morgan fingerprint density at radius 2 is 1.60 bits per heavy atom. The molecule has 16 nitrogen and oxygen atoms in total. The summed E-state index contributed by atoms with van der Waals surface area (Å²) in [6.45, 7) is 0.920. The van der Waals surface area contributed by atoms with Crippen LogP contribution >= 0.6 is 0 Å². The van der Waals surface area contributed by atoms with Crippen molar-refractivity contribution in [2.45, 2.75) is 19.4 Å². The molecule has 0 aliphatic heterocycles. The van der Waals surface area contributed by atoms with Crippen molar-refractivity contribution in [1.82, 2.24) is 34.3 Å². The highest BCUT2D eigenvalue weighted by molar-refractivity contribution is 5.96. The zero-order valence-corrected chi connectivity index (χ0v) is 22.1. The van der Waals surface area contributed by atoms with E-state index < -0.39 is 17.5 Å². The average molecular weight is 571 g/mol. The molecule has 0 saturated heterocycles. The molecule has 2 aromatic carbocycles. The van der Waals surface area contributed by atoms with E-state index in [4.69, 9.17) is 17.0 Å². The molecule has 42 heavy (non-hydrogen) atoms. The zero-order valence-electron chi connectivity index (χ0n) is 22.1. The summed E-state index contributed by atoms with van der Waals surface area (Å²) < 4.78 is 2.39. The highest BCUT2D eigenvalue weighted by atomic mass is 16.2. The topological polar surface area (TPSA) is 246 Å². The van der Waals surface area contributed by atoms with Crippen molar-refractivity contribution in [2.75, 3.05) is 6.54 Å². The summed E-state index contributed by atoms with van der Waals surface area (Å²) >= 11 is 0. The maximum absolute atomic E-state index is 12.2. The van der Waals surface area contributed by atoms with Crippen LogP contribution in [0.3, 0.4) is 0 Å². The number of aromatic nitrogens is 7. The first-order valence-electron chi connectivity index (χ1n) is 12.3. The van der Waals surface area contributed by atoms with Gasteiger partial charge in [0.15, 0.2) is 17.0 Å². The number of primary amides is 2. The third-order valence-corrected chi connectivity index (χ3v) is 5.50. The van der Waals surface area contributed by atoms with Crippen LogP contribution in [0.2, 0.25) is 0 Å².